The van der Waals surface area contributed by atoms with Gasteiger partial charge < -0.3 is 5.11 Å². The van der Waals surface area contributed by atoms with Crippen molar-refractivity contribution in [3.63, 3.8) is 0 Å². The summed E-state index contributed by atoms with van der Waals surface area (Å²) in [6.45, 7) is 17.0. The molecule has 98 valence electrons. The van der Waals surface area contributed by atoms with Gasteiger partial charge in [-0.1, -0.05) is 38.0 Å². The van der Waals surface area contributed by atoms with Gasteiger partial charge in [-0.25, -0.2) is 0 Å². The smallest absolute Gasteiger partial charge is 0.0571 e. The van der Waals surface area contributed by atoms with Crippen molar-refractivity contribution >= 4 is 0 Å². The summed E-state index contributed by atoms with van der Waals surface area (Å²) >= 11 is 0. The van der Waals surface area contributed by atoms with Gasteiger partial charge in [0.05, 0.1) is 6.10 Å². The summed E-state index contributed by atoms with van der Waals surface area (Å²) in [5.74, 6) is 0.492. The summed E-state index contributed by atoms with van der Waals surface area (Å²) in [7, 11) is 0. The lowest BCUT2D eigenvalue weighted by Gasteiger charge is -2.46. The van der Waals surface area contributed by atoms with Crippen LogP contribution in [0.2, 0.25) is 0 Å². The number of aliphatic hydroxyl groups is 1. The largest absolute Gasteiger partial charge is 0.393 e. The first-order valence-corrected chi connectivity index (χ1v) is 6.62. The molecule has 1 N–H and O–H groups in total. The molecule has 1 nitrogen and oxygen atoms in total. The number of allylic oxidation sites excluding steroid dienone is 3. The zero-order chi connectivity index (χ0) is 13.4. The van der Waals surface area contributed by atoms with E-state index in [1.165, 1.54) is 5.57 Å². The standard InChI is InChI=1S/C16H28O/c1-11(2)10-16(7,13(4)17)14-9-8-12(3)15(14,5)6/h8,13-14,17H,1,9-10H2,2-7H3. The van der Waals surface area contributed by atoms with Crippen LogP contribution in [0.4, 0.5) is 0 Å². The normalized spacial score (nSPS) is 28.4. The van der Waals surface area contributed by atoms with Crippen molar-refractivity contribution in [1.82, 2.24) is 0 Å². The van der Waals surface area contributed by atoms with E-state index in [4.69, 9.17) is 0 Å². The Kier molecular flexibility index (Phi) is 3.93. The van der Waals surface area contributed by atoms with Gasteiger partial charge in [0.1, 0.15) is 0 Å². The van der Waals surface area contributed by atoms with E-state index in [-0.39, 0.29) is 16.9 Å². The number of hydrogen-bond donors (Lipinski definition) is 1. The molecule has 0 bridgehead atoms. The van der Waals surface area contributed by atoms with Crippen molar-refractivity contribution < 1.29 is 5.11 Å². The van der Waals surface area contributed by atoms with E-state index >= 15 is 0 Å². The third kappa shape index (κ3) is 2.49. The Morgan fingerprint density at radius 3 is 2.47 bits per heavy atom. The fraction of sp³-hybridized carbons (Fsp3) is 0.750. The highest BCUT2D eigenvalue weighted by Crippen LogP contribution is 2.54. The maximum Gasteiger partial charge on any atom is 0.0571 e. The van der Waals surface area contributed by atoms with E-state index in [2.05, 4.69) is 47.3 Å². The minimum atomic E-state index is -0.303. The van der Waals surface area contributed by atoms with Crippen LogP contribution in [-0.2, 0) is 0 Å². The second-order valence-corrected chi connectivity index (χ2v) is 6.71. The van der Waals surface area contributed by atoms with Crippen molar-refractivity contribution in [2.45, 2.75) is 60.5 Å². The van der Waals surface area contributed by atoms with E-state index in [1.807, 2.05) is 6.92 Å². The van der Waals surface area contributed by atoms with Crippen LogP contribution in [0.1, 0.15) is 54.4 Å². The summed E-state index contributed by atoms with van der Waals surface area (Å²) in [6.07, 6.45) is 4.01. The first-order valence-electron chi connectivity index (χ1n) is 6.62. The fourth-order valence-electron chi connectivity index (χ4n) is 3.43. The third-order valence-corrected chi connectivity index (χ3v) is 4.98. The molecule has 0 aliphatic heterocycles. The summed E-state index contributed by atoms with van der Waals surface area (Å²) in [5, 5.41) is 10.2. The van der Waals surface area contributed by atoms with Crippen molar-refractivity contribution in [1.29, 1.82) is 0 Å². The molecule has 1 heteroatoms. The molecule has 0 aromatic heterocycles. The lowest BCUT2D eigenvalue weighted by molar-refractivity contribution is -0.0253. The molecule has 0 heterocycles. The van der Waals surface area contributed by atoms with Crippen LogP contribution in [0.15, 0.2) is 23.8 Å². The topological polar surface area (TPSA) is 20.2 Å². The monoisotopic (exact) mass is 236 g/mol. The Bertz CT molecular complexity index is 335. The van der Waals surface area contributed by atoms with E-state index in [9.17, 15) is 5.11 Å². The molecule has 0 radical (unpaired) electrons. The molecule has 0 saturated carbocycles. The molecule has 0 spiro atoms. The van der Waals surface area contributed by atoms with Crippen molar-refractivity contribution in [2.75, 3.05) is 0 Å². The van der Waals surface area contributed by atoms with Gasteiger partial charge in [0.15, 0.2) is 0 Å². The van der Waals surface area contributed by atoms with Crippen LogP contribution in [0.25, 0.3) is 0 Å². The van der Waals surface area contributed by atoms with Gasteiger partial charge in [-0.3, -0.25) is 0 Å². The van der Waals surface area contributed by atoms with E-state index < -0.39 is 0 Å². The highest BCUT2D eigenvalue weighted by Gasteiger charge is 2.48. The van der Waals surface area contributed by atoms with Crippen molar-refractivity contribution in [3.8, 4) is 0 Å². The third-order valence-electron chi connectivity index (χ3n) is 4.98. The second kappa shape index (κ2) is 4.61. The average molecular weight is 236 g/mol. The average Bonchev–Trinajstić information content (AvgIpc) is 2.40. The molecule has 1 aliphatic rings. The van der Waals surface area contributed by atoms with Gasteiger partial charge >= 0.3 is 0 Å². The Morgan fingerprint density at radius 2 is 2.18 bits per heavy atom. The van der Waals surface area contributed by atoms with Gasteiger partial charge in [0.25, 0.3) is 0 Å². The summed E-state index contributed by atoms with van der Waals surface area (Å²) in [5.41, 5.74) is 2.72. The SMILES string of the molecule is C=C(C)CC(C)(C(C)O)C1CC=C(C)C1(C)C. The van der Waals surface area contributed by atoms with Gasteiger partial charge in [-0.15, -0.1) is 6.58 Å². The highest BCUT2D eigenvalue weighted by atomic mass is 16.3. The van der Waals surface area contributed by atoms with E-state index in [1.54, 1.807) is 0 Å². The molecule has 0 fully saturated rings. The molecule has 17 heavy (non-hydrogen) atoms. The Morgan fingerprint density at radius 1 is 1.65 bits per heavy atom. The first-order chi connectivity index (χ1) is 7.62. The molecule has 1 aliphatic carbocycles. The molecule has 0 aromatic rings. The molecule has 3 atom stereocenters. The van der Waals surface area contributed by atoms with Gasteiger partial charge in [0, 0.05) is 5.41 Å². The zero-order valence-corrected chi connectivity index (χ0v) is 12.3. The quantitative estimate of drug-likeness (QED) is 0.720. The fourth-order valence-corrected chi connectivity index (χ4v) is 3.43. The van der Waals surface area contributed by atoms with Crippen molar-refractivity contribution in [2.24, 2.45) is 16.7 Å². The number of aliphatic hydroxyl groups excluding tert-OH is 1. The van der Waals surface area contributed by atoms with Crippen LogP contribution < -0.4 is 0 Å². The van der Waals surface area contributed by atoms with Crippen LogP contribution in [0, 0.1) is 16.7 Å². The van der Waals surface area contributed by atoms with E-state index in [0.29, 0.717) is 5.92 Å². The summed E-state index contributed by atoms with van der Waals surface area (Å²) in [4.78, 5) is 0. The van der Waals surface area contributed by atoms with E-state index in [0.717, 1.165) is 18.4 Å². The molecular formula is C16H28O. The van der Waals surface area contributed by atoms with Crippen LogP contribution in [0.5, 0.6) is 0 Å². The van der Waals surface area contributed by atoms with Crippen LogP contribution in [-0.4, -0.2) is 11.2 Å². The van der Waals surface area contributed by atoms with Gasteiger partial charge in [-0.2, -0.15) is 0 Å². The first kappa shape index (κ1) is 14.5. The molecule has 0 saturated heterocycles. The Hall–Kier alpha value is -0.560. The lowest BCUT2D eigenvalue weighted by atomic mass is 9.60. The molecule has 1 rings (SSSR count). The minimum Gasteiger partial charge on any atom is -0.393 e. The summed E-state index contributed by atoms with van der Waals surface area (Å²) < 4.78 is 0. The maximum atomic E-state index is 10.2. The second-order valence-electron chi connectivity index (χ2n) is 6.71. The minimum absolute atomic E-state index is 0.0798. The number of rotatable bonds is 4. The predicted molar refractivity (Wildman–Crippen MR) is 74.9 cm³/mol. The van der Waals surface area contributed by atoms with Crippen LogP contribution in [0.3, 0.4) is 0 Å². The molecular weight excluding hydrogens is 208 g/mol. The van der Waals surface area contributed by atoms with Crippen molar-refractivity contribution in [3.05, 3.63) is 23.8 Å². The number of hydrogen-bond acceptors (Lipinski definition) is 1. The molecule has 0 aromatic carbocycles. The predicted octanol–water partition coefficient (Wildman–Crippen LogP) is 4.33. The lowest BCUT2D eigenvalue weighted by Crippen LogP contribution is -2.43. The van der Waals surface area contributed by atoms with Gasteiger partial charge in [-0.05, 0) is 44.9 Å². The molecule has 0 amide bonds. The van der Waals surface area contributed by atoms with Gasteiger partial charge in [0.2, 0.25) is 0 Å². The summed E-state index contributed by atoms with van der Waals surface area (Å²) in [6, 6.07) is 0. The zero-order valence-electron chi connectivity index (χ0n) is 12.3. The highest BCUT2D eigenvalue weighted by molar-refractivity contribution is 5.22. The Labute approximate surface area is 107 Å². The maximum absolute atomic E-state index is 10.2. The Balaban J connectivity index is 3.06. The van der Waals surface area contributed by atoms with Crippen LogP contribution >= 0.6 is 0 Å². The molecule has 3 unspecified atom stereocenters.